The number of urea groups is 1. The highest BCUT2D eigenvalue weighted by atomic mass is 16.3. The Labute approximate surface area is 145 Å². The van der Waals surface area contributed by atoms with Gasteiger partial charge in [0, 0.05) is 57.8 Å². The summed E-state index contributed by atoms with van der Waals surface area (Å²) < 4.78 is 0. The van der Waals surface area contributed by atoms with Gasteiger partial charge in [-0.2, -0.15) is 0 Å². The van der Waals surface area contributed by atoms with E-state index in [1.54, 1.807) is 0 Å². The van der Waals surface area contributed by atoms with Crippen LogP contribution in [0.3, 0.4) is 0 Å². The van der Waals surface area contributed by atoms with Crippen LogP contribution in [-0.2, 0) is 0 Å². The zero-order valence-electron chi connectivity index (χ0n) is 15.0. The van der Waals surface area contributed by atoms with Crippen LogP contribution in [0.25, 0.3) is 0 Å². The quantitative estimate of drug-likeness (QED) is 0.836. The predicted octanol–water partition coefficient (Wildman–Crippen LogP) is 2.06. The first-order valence-electron chi connectivity index (χ1n) is 8.65. The molecule has 0 radical (unpaired) electrons. The normalized spacial score (nSPS) is 15.6. The lowest BCUT2D eigenvalue weighted by atomic mass is 10.0. The number of piperidine rings is 1. The molecule has 6 nitrogen and oxygen atoms in total. The van der Waals surface area contributed by atoms with E-state index >= 15 is 0 Å². The molecule has 1 heterocycles. The van der Waals surface area contributed by atoms with Crippen molar-refractivity contribution in [3.05, 3.63) is 24.3 Å². The van der Waals surface area contributed by atoms with Crippen molar-refractivity contribution in [3.63, 3.8) is 0 Å². The predicted molar refractivity (Wildman–Crippen MR) is 98.7 cm³/mol. The summed E-state index contributed by atoms with van der Waals surface area (Å²) >= 11 is 0. The zero-order valence-corrected chi connectivity index (χ0v) is 15.0. The lowest BCUT2D eigenvalue weighted by Gasteiger charge is -2.36. The molecule has 0 atom stereocenters. The first kappa shape index (κ1) is 18.5. The summed E-state index contributed by atoms with van der Waals surface area (Å²) in [4.78, 5) is 18.6. The monoisotopic (exact) mass is 334 g/mol. The maximum Gasteiger partial charge on any atom is 0.321 e. The summed E-state index contributed by atoms with van der Waals surface area (Å²) in [5.41, 5.74) is 1.94. The van der Waals surface area contributed by atoms with Crippen LogP contribution >= 0.6 is 0 Å². The highest BCUT2D eigenvalue weighted by molar-refractivity contribution is 5.89. The van der Waals surface area contributed by atoms with E-state index in [1.165, 1.54) is 0 Å². The van der Waals surface area contributed by atoms with Crippen LogP contribution in [-0.4, -0.2) is 74.4 Å². The van der Waals surface area contributed by atoms with E-state index in [0.717, 1.165) is 50.3 Å². The Morgan fingerprint density at radius 2 is 1.83 bits per heavy atom. The molecule has 0 unspecified atom stereocenters. The summed E-state index contributed by atoms with van der Waals surface area (Å²) in [5.74, 6) is 0. The Kier molecular flexibility index (Phi) is 6.87. The molecule has 0 aliphatic carbocycles. The molecular formula is C18H30N4O2. The number of carbonyl (C=O) groups is 1. The molecule has 1 aromatic carbocycles. The van der Waals surface area contributed by atoms with Crippen molar-refractivity contribution in [2.24, 2.45) is 0 Å². The van der Waals surface area contributed by atoms with E-state index in [-0.39, 0.29) is 12.6 Å². The maximum absolute atomic E-state index is 12.4. The molecular weight excluding hydrogens is 304 g/mol. The molecule has 0 saturated carbocycles. The summed E-state index contributed by atoms with van der Waals surface area (Å²) in [6.07, 6.45) is 2.77. The van der Waals surface area contributed by atoms with Gasteiger partial charge in [-0.05, 0) is 50.6 Å². The Balaban J connectivity index is 1.80. The number of carbonyl (C=O) groups excluding carboxylic acids is 1. The van der Waals surface area contributed by atoms with Crippen molar-refractivity contribution < 1.29 is 9.90 Å². The van der Waals surface area contributed by atoms with Gasteiger partial charge >= 0.3 is 6.03 Å². The van der Waals surface area contributed by atoms with E-state index in [0.29, 0.717) is 6.04 Å². The molecule has 0 bridgehead atoms. The standard InChI is InChI=1S/C18H30N4O2/c1-20(2)16-7-5-15(6-8-16)19-18(24)22-12-9-17(10-13-22)21(3)11-4-14-23/h5-8,17,23H,4,9-14H2,1-3H3,(H,19,24). The second-order valence-corrected chi connectivity index (χ2v) is 6.65. The third kappa shape index (κ3) is 5.11. The van der Waals surface area contributed by atoms with E-state index in [9.17, 15) is 4.79 Å². The third-order valence-electron chi connectivity index (χ3n) is 4.68. The molecule has 2 N–H and O–H groups in total. The van der Waals surface area contributed by atoms with Gasteiger partial charge in [0.05, 0.1) is 0 Å². The number of aliphatic hydroxyl groups excluding tert-OH is 1. The van der Waals surface area contributed by atoms with E-state index in [1.807, 2.05) is 48.2 Å². The van der Waals surface area contributed by atoms with E-state index < -0.39 is 0 Å². The average molecular weight is 334 g/mol. The first-order valence-corrected chi connectivity index (χ1v) is 8.65. The van der Waals surface area contributed by atoms with Gasteiger partial charge in [0.15, 0.2) is 0 Å². The molecule has 1 aliphatic heterocycles. The smallest absolute Gasteiger partial charge is 0.321 e. The lowest BCUT2D eigenvalue weighted by Crippen LogP contribution is -2.47. The fourth-order valence-corrected chi connectivity index (χ4v) is 3.06. The van der Waals surface area contributed by atoms with Gasteiger partial charge in [0.25, 0.3) is 0 Å². The molecule has 1 saturated heterocycles. The van der Waals surface area contributed by atoms with Crippen LogP contribution in [0.2, 0.25) is 0 Å². The molecule has 2 rings (SSSR count). The molecule has 134 valence electrons. The van der Waals surface area contributed by atoms with Crippen LogP contribution in [0.4, 0.5) is 16.2 Å². The number of hydrogen-bond donors (Lipinski definition) is 2. The maximum atomic E-state index is 12.4. The number of benzene rings is 1. The van der Waals surface area contributed by atoms with Crippen molar-refractivity contribution >= 4 is 17.4 Å². The first-order chi connectivity index (χ1) is 11.5. The van der Waals surface area contributed by atoms with Gasteiger partial charge in [-0.15, -0.1) is 0 Å². The summed E-state index contributed by atoms with van der Waals surface area (Å²) in [5, 5.41) is 11.9. The van der Waals surface area contributed by atoms with Crippen molar-refractivity contribution in [1.82, 2.24) is 9.80 Å². The van der Waals surface area contributed by atoms with Crippen LogP contribution in [0.5, 0.6) is 0 Å². The topological polar surface area (TPSA) is 59.1 Å². The fraction of sp³-hybridized carbons (Fsp3) is 0.611. The second-order valence-electron chi connectivity index (χ2n) is 6.65. The highest BCUT2D eigenvalue weighted by Crippen LogP contribution is 2.19. The number of amides is 2. The van der Waals surface area contributed by atoms with Gasteiger partial charge < -0.3 is 25.1 Å². The van der Waals surface area contributed by atoms with Crippen LogP contribution in [0.15, 0.2) is 24.3 Å². The Bertz CT molecular complexity index is 510. The van der Waals surface area contributed by atoms with Crippen molar-refractivity contribution in [2.75, 3.05) is 57.6 Å². The van der Waals surface area contributed by atoms with Crippen LogP contribution in [0, 0.1) is 0 Å². The van der Waals surface area contributed by atoms with Gasteiger partial charge in [-0.3, -0.25) is 0 Å². The molecule has 2 amide bonds. The van der Waals surface area contributed by atoms with Crippen molar-refractivity contribution in [3.8, 4) is 0 Å². The van der Waals surface area contributed by atoms with Gasteiger partial charge in [0.1, 0.15) is 0 Å². The molecule has 1 aromatic rings. The summed E-state index contributed by atoms with van der Waals surface area (Å²) in [6.45, 7) is 2.69. The zero-order chi connectivity index (χ0) is 17.5. The molecule has 1 aliphatic rings. The largest absolute Gasteiger partial charge is 0.396 e. The van der Waals surface area contributed by atoms with E-state index in [2.05, 4.69) is 17.3 Å². The Morgan fingerprint density at radius 3 is 2.38 bits per heavy atom. The van der Waals surface area contributed by atoms with E-state index in [4.69, 9.17) is 5.11 Å². The molecule has 24 heavy (non-hydrogen) atoms. The lowest BCUT2D eigenvalue weighted by molar-refractivity contribution is 0.134. The minimum absolute atomic E-state index is 0.0240. The molecule has 0 spiro atoms. The van der Waals surface area contributed by atoms with Crippen molar-refractivity contribution in [2.45, 2.75) is 25.3 Å². The van der Waals surface area contributed by atoms with Gasteiger partial charge in [-0.25, -0.2) is 4.79 Å². The minimum atomic E-state index is -0.0240. The fourth-order valence-electron chi connectivity index (χ4n) is 3.06. The molecule has 6 heteroatoms. The highest BCUT2D eigenvalue weighted by Gasteiger charge is 2.25. The minimum Gasteiger partial charge on any atom is -0.396 e. The summed E-state index contributed by atoms with van der Waals surface area (Å²) in [7, 11) is 6.09. The average Bonchev–Trinajstić information content (AvgIpc) is 2.60. The van der Waals surface area contributed by atoms with Gasteiger partial charge in [-0.1, -0.05) is 0 Å². The van der Waals surface area contributed by atoms with Gasteiger partial charge in [0.2, 0.25) is 0 Å². The number of nitrogens with zero attached hydrogens (tertiary/aromatic N) is 3. The third-order valence-corrected chi connectivity index (χ3v) is 4.68. The number of nitrogens with one attached hydrogen (secondary N) is 1. The Morgan fingerprint density at radius 1 is 1.21 bits per heavy atom. The van der Waals surface area contributed by atoms with Crippen molar-refractivity contribution in [1.29, 1.82) is 0 Å². The second kappa shape index (κ2) is 8.89. The molecule has 1 fully saturated rings. The summed E-state index contributed by atoms with van der Waals surface area (Å²) in [6, 6.07) is 8.34. The number of aliphatic hydroxyl groups is 1. The number of anilines is 2. The Hall–Kier alpha value is -1.79. The molecule has 0 aromatic heterocycles. The van der Waals surface area contributed by atoms with Crippen LogP contribution in [0.1, 0.15) is 19.3 Å². The number of rotatable bonds is 6. The number of likely N-dealkylation sites (tertiary alicyclic amines) is 1. The number of hydrogen-bond acceptors (Lipinski definition) is 4. The SMILES string of the molecule is CN(C)c1ccc(NC(=O)N2CCC(N(C)CCCO)CC2)cc1. The van der Waals surface area contributed by atoms with Crippen LogP contribution < -0.4 is 10.2 Å².